The summed E-state index contributed by atoms with van der Waals surface area (Å²) in [5.41, 5.74) is 7.60. The van der Waals surface area contributed by atoms with Gasteiger partial charge in [-0.05, 0) is 30.4 Å². The molecule has 3 heteroatoms. The van der Waals surface area contributed by atoms with E-state index in [2.05, 4.69) is 0 Å². The van der Waals surface area contributed by atoms with Gasteiger partial charge in [0.2, 0.25) is 0 Å². The van der Waals surface area contributed by atoms with E-state index in [1.807, 2.05) is 6.07 Å². The number of para-hydroxylation sites is 1. The number of aromatic carboxylic acids is 1. The normalized spacial score (nSPS) is 16.8. The molecule has 1 saturated carbocycles. The van der Waals surface area contributed by atoms with Gasteiger partial charge in [0.25, 0.3) is 0 Å². The average molecular weight is 205 g/mol. The largest absolute Gasteiger partial charge is 0.478 e. The first kappa shape index (κ1) is 10.0. The minimum Gasteiger partial charge on any atom is -0.478 e. The lowest BCUT2D eigenvalue weighted by Gasteiger charge is -2.13. The van der Waals surface area contributed by atoms with Crippen molar-refractivity contribution < 1.29 is 9.90 Å². The minimum absolute atomic E-state index is 0.236. The van der Waals surface area contributed by atoms with Crippen LogP contribution in [0.15, 0.2) is 18.2 Å². The van der Waals surface area contributed by atoms with Crippen molar-refractivity contribution in [1.29, 1.82) is 0 Å². The minimum atomic E-state index is -0.938. The van der Waals surface area contributed by atoms with Crippen molar-refractivity contribution in [2.24, 2.45) is 0 Å². The maximum atomic E-state index is 10.9. The quantitative estimate of drug-likeness (QED) is 0.729. The van der Waals surface area contributed by atoms with Gasteiger partial charge < -0.3 is 10.8 Å². The lowest BCUT2D eigenvalue weighted by molar-refractivity contribution is 0.0698. The lowest BCUT2D eigenvalue weighted by Crippen LogP contribution is -2.07. The summed E-state index contributed by atoms with van der Waals surface area (Å²) in [7, 11) is 0. The Morgan fingerprint density at radius 3 is 2.60 bits per heavy atom. The van der Waals surface area contributed by atoms with Crippen LogP contribution in [0.5, 0.6) is 0 Å². The Bertz CT molecular complexity index is 381. The number of nitrogen functional groups attached to an aromatic ring is 1. The Morgan fingerprint density at radius 1 is 1.33 bits per heavy atom. The third-order valence-corrected chi connectivity index (χ3v) is 3.17. The number of hydrogen-bond donors (Lipinski definition) is 2. The summed E-state index contributed by atoms with van der Waals surface area (Å²) in [5, 5.41) is 8.95. The molecule has 1 aliphatic carbocycles. The number of carboxylic acids is 1. The highest BCUT2D eigenvalue weighted by Gasteiger charge is 2.21. The molecule has 1 fully saturated rings. The van der Waals surface area contributed by atoms with Crippen LogP contribution in [0.4, 0.5) is 5.69 Å². The Balaban J connectivity index is 2.39. The Hall–Kier alpha value is -1.51. The monoisotopic (exact) mass is 205 g/mol. The van der Waals surface area contributed by atoms with E-state index < -0.39 is 5.97 Å². The van der Waals surface area contributed by atoms with Gasteiger partial charge in [0.05, 0.1) is 5.56 Å². The molecule has 0 heterocycles. The molecule has 0 aliphatic heterocycles. The molecular weight excluding hydrogens is 190 g/mol. The number of hydrogen-bond acceptors (Lipinski definition) is 2. The van der Waals surface area contributed by atoms with E-state index in [9.17, 15) is 4.79 Å². The highest BCUT2D eigenvalue weighted by atomic mass is 16.4. The van der Waals surface area contributed by atoms with Crippen molar-refractivity contribution in [2.45, 2.75) is 31.6 Å². The van der Waals surface area contributed by atoms with Crippen molar-refractivity contribution in [1.82, 2.24) is 0 Å². The van der Waals surface area contributed by atoms with Gasteiger partial charge in [0, 0.05) is 5.69 Å². The van der Waals surface area contributed by atoms with Crippen LogP contribution in [0.1, 0.15) is 47.5 Å². The SMILES string of the molecule is Nc1c(C(=O)O)cccc1C1CCCC1. The zero-order valence-electron chi connectivity index (χ0n) is 8.57. The molecule has 0 radical (unpaired) electrons. The molecule has 1 aliphatic rings. The van der Waals surface area contributed by atoms with Crippen LogP contribution in [0.3, 0.4) is 0 Å². The van der Waals surface area contributed by atoms with E-state index >= 15 is 0 Å². The van der Waals surface area contributed by atoms with Crippen LogP contribution in [-0.4, -0.2) is 11.1 Å². The highest BCUT2D eigenvalue weighted by molar-refractivity contribution is 5.94. The van der Waals surface area contributed by atoms with Crippen molar-refractivity contribution in [3.63, 3.8) is 0 Å². The standard InChI is InChI=1S/C12H15NO2/c13-11-9(8-4-1-2-5-8)6-3-7-10(11)12(14)15/h3,6-8H,1-2,4-5,13H2,(H,14,15). The summed E-state index contributed by atoms with van der Waals surface area (Å²) in [4.78, 5) is 10.9. The second-order valence-electron chi connectivity index (χ2n) is 4.10. The molecule has 2 rings (SSSR count). The Kier molecular flexibility index (Phi) is 2.62. The van der Waals surface area contributed by atoms with Crippen molar-refractivity contribution in [3.8, 4) is 0 Å². The van der Waals surface area contributed by atoms with Gasteiger partial charge in [0.15, 0.2) is 0 Å². The van der Waals surface area contributed by atoms with E-state index in [-0.39, 0.29) is 5.56 Å². The van der Waals surface area contributed by atoms with Gasteiger partial charge in [-0.3, -0.25) is 0 Å². The molecule has 0 spiro atoms. The van der Waals surface area contributed by atoms with Crippen LogP contribution < -0.4 is 5.73 Å². The molecule has 0 atom stereocenters. The van der Waals surface area contributed by atoms with Gasteiger partial charge in [0.1, 0.15) is 0 Å². The third kappa shape index (κ3) is 1.82. The summed E-state index contributed by atoms with van der Waals surface area (Å²) in [6.07, 6.45) is 4.71. The van der Waals surface area contributed by atoms with E-state index in [1.54, 1.807) is 12.1 Å². The summed E-state index contributed by atoms with van der Waals surface area (Å²) in [6, 6.07) is 5.31. The number of carbonyl (C=O) groups is 1. The van der Waals surface area contributed by atoms with Gasteiger partial charge in [-0.2, -0.15) is 0 Å². The summed E-state index contributed by atoms with van der Waals surface area (Å²) < 4.78 is 0. The Morgan fingerprint density at radius 2 is 2.00 bits per heavy atom. The molecule has 0 saturated heterocycles. The van der Waals surface area contributed by atoms with Gasteiger partial charge in [-0.1, -0.05) is 25.0 Å². The number of nitrogens with two attached hydrogens (primary N) is 1. The van der Waals surface area contributed by atoms with E-state index in [1.165, 1.54) is 12.8 Å². The van der Waals surface area contributed by atoms with Crippen molar-refractivity contribution in [2.75, 3.05) is 5.73 Å². The third-order valence-electron chi connectivity index (χ3n) is 3.17. The predicted molar refractivity (Wildman–Crippen MR) is 59.0 cm³/mol. The Labute approximate surface area is 88.9 Å². The molecule has 3 N–H and O–H groups in total. The lowest BCUT2D eigenvalue weighted by atomic mass is 9.94. The van der Waals surface area contributed by atoms with Crippen LogP contribution in [0.25, 0.3) is 0 Å². The topological polar surface area (TPSA) is 63.3 Å². The molecule has 0 bridgehead atoms. The van der Waals surface area contributed by atoms with Gasteiger partial charge in [-0.15, -0.1) is 0 Å². The molecule has 0 aromatic heterocycles. The summed E-state index contributed by atoms with van der Waals surface area (Å²) >= 11 is 0. The van der Waals surface area contributed by atoms with Crippen LogP contribution in [-0.2, 0) is 0 Å². The number of carboxylic acid groups (broad SMARTS) is 1. The summed E-state index contributed by atoms with van der Waals surface area (Å²) in [5.74, 6) is -0.475. The maximum absolute atomic E-state index is 10.9. The molecular formula is C12H15NO2. The van der Waals surface area contributed by atoms with Gasteiger partial charge >= 0.3 is 5.97 Å². The number of benzene rings is 1. The van der Waals surface area contributed by atoms with E-state index in [0.29, 0.717) is 11.6 Å². The second kappa shape index (κ2) is 3.93. The van der Waals surface area contributed by atoms with Crippen LogP contribution >= 0.6 is 0 Å². The highest BCUT2D eigenvalue weighted by Crippen LogP contribution is 2.37. The van der Waals surface area contributed by atoms with Crippen molar-refractivity contribution >= 4 is 11.7 Å². The molecule has 0 amide bonds. The molecule has 1 aromatic rings. The maximum Gasteiger partial charge on any atom is 0.337 e. The number of rotatable bonds is 2. The fourth-order valence-electron chi connectivity index (χ4n) is 2.36. The fourth-order valence-corrected chi connectivity index (χ4v) is 2.36. The van der Waals surface area contributed by atoms with E-state index in [0.717, 1.165) is 18.4 Å². The number of anilines is 1. The van der Waals surface area contributed by atoms with Crippen molar-refractivity contribution in [3.05, 3.63) is 29.3 Å². The van der Waals surface area contributed by atoms with E-state index in [4.69, 9.17) is 10.8 Å². The molecule has 1 aromatic carbocycles. The molecule has 15 heavy (non-hydrogen) atoms. The van der Waals surface area contributed by atoms with Gasteiger partial charge in [-0.25, -0.2) is 4.79 Å². The van der Waals surface area contributed by atoms with Crippen LogP contribution in [0.2, 0.25) is 0 Å². The smallest absolute Gasteiger partial charge is 0.337 e. The average Bonchev–Trinajstić information content (AvgIpc) is 2.70. The fraction of sp³-hybridized carbons (Fsp3) is 0.417. The zero-order chi connectivity index (χ0) is 10.8. The second-order valence-corrected chi connectivity index (χ2v) is 4.10. The summed E-state index contributed by atoms with van der Waals surface area (Å²) in [6.45, 7) is 0. The molecule has 3 nitrogen and oxygen atoms in total. The first-order valence-electron chi connectivity index (χ1n) is 5.32. The first-order chi connectivity index (χ1) is 7.20. The first-order valence-corrected chi connectivity index (χ1v) is 5.32. The molecule has 80 valence electrons. The predicted octanol–water partition coefficient (Wildman–Crippen LogP) is 2.62. The van der Waals surface area contributed by atoms with Crippen LogP contribution in [0, 0.1) is 0 Å². The zero-order valence-corrected chi connectivity index (χ0v) is 8.57. The molecule has 0 unspecified atom stereocenters.